The average Bonchev–Trinajstić information content (AvgIpc) is 3.31. The summed E-state index contributed by atoms with van der Waals surface area (Å²) in [6.45, 7) is 3.40. The van der Waals surface area contributed by atoms with Crippen LogP contribution in [0.25, 0.3) is 0 Å². The second-order valence-corrected chi connectivity index (χ2v) is 7.64. The number of hydrogen-bond acceptors (Lipinski definition) is 4. The van der Waals surface area contributed by atoms with Crippen molar-refractivity contribution >= 4 is 17.5 Å². The maximum Gasteiger partial charge on any atom is 0.249 e. The summed E-state index contributed by atoms with van der Waals surface area (Å²) >= 11 is 6.51. The number of amides is 1. The molecule has 2 aromatic carbocycles. The first-order valence-corrected chi connectivity index (χ1v) is 10.5. The molecule has 3 aromatic rings. The Morgan fingerprint density at radius 2 is 1.80 bits per heavy atom. The number of nitrogens with one attached hydrogen (secondary N) is 1. The molecule has 1 saturated heterocycles. The number of morpholine rings is 1. The van der Waals surface area contributed by atoms with Crippen LogP contribution >= 0.6 is 11.6 Å². The number of carbonyl (C=O) groups is 1. The molecule has 0 spiro atoms. The molecule has 1 aromatic heterocycles. The molecule has 4 rings (SSSR count). The number of halogens is 1. The number of ether oxygens (including phenoxy) is 1. The van der Waals surface area contributed by atoms with E-state index in [1.165, 1.54) is 0 Å². The SMILES string of the molecule is O=C(NCC(c1ccccc1Cl)N1CCOCC1)C(c1ccccc1)n1cccn1. The van der Waals surface area contributed by atoms with Crippen molar-refractivity contribution in [2.75, 3.05) is 32.8 Å². The van der Waals surface area contributed by atoms with E-state index in [1.54, 1.807) is 10.9 Å². The van der Waals surface area contributed by atoms with Crippen LogP contribution in [-0.4, -0.2) is 53.4 Å². The van der Waals surface area contributed by atoms with Crippen LogP contribution in [0.1, 0.15) is 23.2 Å². The lowest BCUT2D eigenvalue weighted by Crippen LogP contribution is -2.45. The van der Waals surface area contributed by atoms with Crippen LogP contribution in [0.3, 0.4) is 0 Å². The number of hydrogen-bond donors (Lipinski definition) is 1. The Kier molecular flexibility index (Phi) is 6.79. The van der Waals surface area contributed by atoms with E-state index in [2.05, 4.69) is 15.3 Å². The van der Waals surface area contributed by atoms with Gasteiger partial charge in [0, 0.05) is 37.1 Å². The molecule has 0 bridgehead atoms. The van der Waals surface area contributed by atoms with Crippen LogP contribution < -0.4 is 5.32 Å². The van der Waals surface area contributed by atoms with E-state index in [-0.39, 0.29) is 11.9 Å². The van der Waals surface area contributed by atoms with Crippen molar-refractivity contribution in [3.05, 3.63) is 89.2 Å². The Hall–Kier alpha value is -2.67. The van der Waals surface area contributed by atoms with E-state index in [0.29, 0.717) is 24.8 Å². The fraction of sp³-hybridized carbons (Fsp3) is 0.304. The number of aromatic nitrogens is 2. The van der Waals surface area contributed by atoms with Gasteiger partial charge in [0.1, 0.15) is 0 Å². The maximum atomic E-state index is 13.3. The number of nitrogens with zero attached hydrogens (tertiary/aromatic N) is 3. The van der Waals surface area contributed by atoms with Crippen molar-refractivity contribution in [1.29, 1.82) is 0 Å². The Morgan fingerprint density at radius 3 is 2.50 bits per heavy atom. The normalized spacial score (nSPS) is 16.7. The molecule has 2 unspecified atom stereocenters. The van der Waals surface area contributed by atoms with Gasteiger partial charge in [-0.3, -0.25) is 14.4 Å². The maximum absolute atomic E-state index is 13.3. The first-order valence-electron chi connectivity index (χ1n) is 10.1. The van der Waals surface area contributed by atoms with E-state index >= 15 is 0 Å². The second kappa shape index (κ2) is 9.89. The van der Waals surface area contributed by atoms with Crippen molar-refractivity contribution in [3.8, 4) is 0 Å². The first-order chi connectivity index (χ1) is 14.7. The summed E-state index contributed by atoms with van der Waals surface area (Å²) in [7, 11) is 0. The van der Waals surface area contributed by atoms with Crippen LogP contribution in [0.2, 0.25) is 5.02 Å². The van der Waals surface area contributed by atoms with Crippen LogP contribution in [0.4, 0.5) is 0 Å². The quantitative estimate of drug-likeness (QED) is 0.632. The molecule has 156 valence electrons. The highest BCUT2D eigenvalue weighted by Gasteiger charge is 2.28. The van der Waals surface area contributed by atoms with Gasteiger partial charge in [0.2, 0.25) is 5.91 Å². The molecule has 1 aliphatic heterocycles. The van der Waals surface area contributed by atoms with Crippen LogP contribution in [0, 0.1) is 0 Å². The molecular formula is C23H25ClN4O2. The van der Waals surface area contributed by atoms with Crippen LogP contribution in [0.15, 0.2) is 73.1 Å². The molecule has 0 radical (unpaired) electrons. The molecule has 0 aliphatic carbocycles. The summed E-state index contributed by atoms with van der Waals surface area (Å²) in [6.07, 6.45) is 3.49. The Bertz CT molecular complexity index is 943. The van der Waals surface area contributed by atoms with E-state index in [4.69, 9.17) is 16.3 Å². The standard InChI is InChI=1S/C23H25ClN4O2/c24-20-10-5-4-9-19(20)21(27-13-15-30-16-14-27)17-25-23(29)22(28-12-6-11-26-28)18-7-2-1-3-8-18/h1-12,21-22H,13-17H2,(H,25,29). The van der Waals surface area contributed by atoms with Gasteiger partial charge in [-0.05, 0) is 23.3 Å². The molecule has 1 amide bonds. The van der Waals surface area contributed by atoms with Gasteiger partial charge in [0.05, 0.1) is 19.3 Å². The lowest BCUT2D eigenvalue weighted by atomic mass is 10.0. The highest BCUT2D eigenvalue weighted by atomic mass is 35.5. The zero-order valence-corrected chi connectivity index (χ0v) is 17.4. The summed E-state index contributed by atoms with van der Waals surface area (Å²) in [5.41, 5.74) is 1.90. The molecule has 0 saturated carbocycles. The van der Waals surface area contributed by atoms with E-state index < -0.39 is 6.04 Å². The van der Waals surface area contributed by atoms with Gasteiger partial charge in [-0.15, -0.1) is 0 Å². The van der Waals surface area contributed by atoms with Gasteiger partial charge in [0.15, 0.2) is 6.04 Å². The molecule has 2 heterocycles. The number of rotatable bonds is 7. The number of benzene rings is 2. The van der Waals surface area contributed by atoms with Crippen molar-refractivity contribution < 1.29 is 9.53 Å². The van der Waals surface area contributed by atoms with Gasteiger partial charge < -0.3 is 10.1 Å². The Balaban J connectivity index is 1.56. The lowest BCUT2D eigenvalue weighted by Gasteiger charge is -2.35. The summed E-state index contributed by atoms with van der Waals surface area (Å²) in [4.78, 5) is 15.6. The van der Waals surface area contributed by atoms with Gasteiger partial charge in [-0.1, -0.05) is 60.1 Å². The summed E-state index contributed by atoms with van der Waals surface area (Å²) < 4.78 is 7.20. The fourth-order valence-electron chi connectivity index (χ4n) is 3.86. The predicted octanol–water partition coefficient (Wildman–Crippen LogP) is 3.32. The van der Waals surface area contributed by atoms with Gasteiger partial charge in [0.25, 0.3) is 0 Å². The summed E-state index contributed by atoms with van der Waals surface area (Å²) in [6, 6.07) is 18.8. The summed E-state index contributed by atoms with van der Waals surface area (Å²) in [5.74, 6) is -0.102. The third-order valence-electron chi connectivity index (χ3n) is 5.37. The topological polar surface area (TPSA) is 59.4 Å². The smallest absolute Gasteiger partial charge is 0.249 e. The predicted molar refractivity (Wildman–Crippen MR) is 116 cm³/mol. The van der Waals surface area contributed by atoms with Crippen LogP contribution in [0.5, 0.6) is 0 Å². The van der Waals surface area contributed by atoms with Gasteiger partial charge >= 0.3 is 0 Å². The van der Waals surface area contributed by atoms with Crippen molar-refractivity contribution in [2.24, 2.45) is 0 Å². The van der Waals surface area contributed by atoms with E-state index in [9.17, 15) is 4.79 Å². The van der Waals surface area contributed by atoms with Crippen molar-refractivity contribution in [1.82, 2.24) is 20.0 Å². The van der Waals surface area contributed by atoms with Crippen molar-refractivity contribution in [2.45, 2.75) is 12.1 Å². The fourth-order valence-corrected chi connectivity index (χ4v) is 4.12. The minimum absolute atomic E-state index is 0.0272. The molecule has 2 atom stereocenters. The number of carbonyl (C=O) groups excluding carboxylic acids is 1. The molecule has 6 nitrogen and oxygen atoms in total. The van der Waals surface area contributed by atoms with Gasteiger partial charge in [-0.25, -0.2) is 0 Å². The van der Waals surface area contributed by atoms with Crippen LogP contribution in [-0.2, 0) is 9.53 Å². The Labute approximate surface area is 181 Å². The zero-order valence-electron chi connectivity index (χ0n) is 16.7. The second-order valence-electron chi connectivity index (χ2n) is 7.23. The highest BCUT2D eigenvalue weighted by Crippen LogP contribution is 2.28. The minimum atomic E-state index is -0.530. The molecule has 7 heteroatoms. The molecule has 30 heavy (non-hydrogen) atoms. The lowest BCUT2D eigenvalue weighted by molar-refractivity contribution is -0.123. The minimum Gasteiger partial charge on any atom is -0.379 e. The molecule has 1 fully saturated rings. The highest BCUT2D eigenvalue weighted by molar-refractivity contribution is 6.31. The third kappa shape index (κ3) is 4.73. The largest absolute Gasteiger partial charge is 0.379 e. The van der Waals surface area contributed by atoms with Crippen molar-refractivity contribution in [3.63, 3.8) is 0 Å². The monoisotopic (exact) mass is 424 g/mol. The van der Waals surface area contributed by atoms with E-state index in [1.807, 2.05) is 66.9 Å². The first kappa shape index (κ1) is 20.6. The average molecular weight is 425 g/mol. The Morgan fingerprint density at radius 1 is 1.07 bits per heavy atom. The molecule has 1 N–H and O–H groups in total. The summed E-state index contributed by atoms with van der Waals surface area (Å²) in [5, 5.41) is 8.17. The molecular weight excluding hydrogens is 400 g/mol. The molecule has 1 aliphatic rings. The van der Waals surface area contributed by atoms with E-state index in [0.717, 1.165) is 24.2 Å². The van der Waals surface area contributed by atoms with Gasteiger partial charge in [-0.2, -0.15) is 5.10 Å². The third-order valence-corrected chi connectivity index (χ3v) is 5.72. The zero-order chi connectivity index (χ0) is 20.8.